The minimum Gasteiger partial charge on any atom is -0.507 e. The maximum absolute atomic E-state index is 12.6. The van der Waals surface area contributed by atoms with Gasteiger partial charge in [0, 0.05) is 31.6 Å². The minimum atomic E-state index is -0.814. The number of hydrogen-bond donors (Lipinski definition) is 2. The van der Waals surface area contributed by atoms with E-state index in [0.717, 1.165) is 6.07 Å². The Morgan fingerprint density at radius 3 is 2.65 bits per heavy atom. The molecule has 1 aliphatic heterocycles. The topological polar surface area (TPSA) is 93.1 Å². The number of phenolic OH excluding ortho intramolecular Hbond substituents is 2. The lowest BCUT2D eigenvalue weighted by Crippen LogP contribution is -2.23. The molecule has 0 aromatic heterocycles. The number of allylic oxidation sites excluding steroid dienone is 3. The molecule has 0 unspecified atom stereocenters. The molecule has 0 spiro atoms. The van der Waals surface area contributed by atoms with Gasteiger partial charge < -0.3 is 19.7 Å². The van der Waals surface area contributed by atoms with Gasteiger partial charge in [-0.15, -0.1) is 0 Å². The van der Waals surface area contributed by atoms with Crippen LogP contribution in [0.4, 0.5) is 0 Å². The number of halogens is 1. The summed E-state index contributed by atoms with van der Waals surface area (Å²) < 4.78 is 10.8. The van der Waals surface area contributed by atoms with Crippen LogP contribution in [0.5, 0.6) is 11.5 Å². The number of cyclic esters (lactones) is 1. The summed E-state index contributed by atoms with van der Waals surface area (Å²) >= 11 is 6.07. The molecule has 1 heterocycles. The Bertz CT molecular complexity index is 753. The van der Waals surface area contributed by atoms with Crippen molar-refractivity contribution in [3.05, 3.63) is 46.5 Å². The van der Waals surface area contributed by atoms with Crippen LogP contribution in [0, 0.1) is 0 Å². The number of phenols is 2. The van der Waals surface area contributed by atoms with E-state index in [2.05, 4.69) is 0 Å². The van der Waals surface area contributed by atoms with Gasteiger partial charge in [-0.1, -0.05) is 29.8 Å². The van der Waals surface area contributed by atoms with Crippen molar-refractivity contribution >= 4 is 23.4 Å². The van der Waals surface area contributed by atoms with Gasteiger partial charge in [-0.05, 0) is 19.4 Å². The fourth-order valence-corrected chi connectivity index (χ4v) is 2.95. The average Bonchev–Trinajstić information content (AvgIpc) is 2.57. The standard InChI is InChI=1S/C19H21ClO6/c1-11-8-13(25-2)7-5-3-4-6-12(21)9-14-17(19(24)26-11)15(22)10-16(23)18(14)20/h3-6,10-11,13,22-23H,7-9H2,1-2H3/b5-3-,6-4+/t11-,13+/m1/s1. The highest BCUT2D eigenvalue weighted by Crippen LogP contribution is 2.37. The van der Waals surface area contributed by atoms with Crippen LogP contribution in [0.3, 0.4) is 0 Å². The second-order valence-corrected chi connectivity index (χ2v) is 6.44. The molecule has 0 fully saturated rings. The van der Waals surface area contributed by atoms with Crippen molar-refractivity contribution in [1.82, 2.24) is 0 Å². The van der Waals surface area contributed by atoms with Crippen LogP contribution in [-0.2, 0) is 20.7 Å². The summed E-state index contributed by atoms with van der Waals surface area (Å²) in [5, 5.41) is 19.8. The highest BCUT2D eigenvalue weighted by atomic mass is 35.5. The second kappa shape index (κ2) is 8.87. The van der Waals surface area contributed by atoms with Crippen molar-refractivity contribution in [3.8, 4) is 11.5 Å². The van der Waals surface area contributed by atoms with E-state index in [0.29, 0.717) is 12.8 Å². The molecule has 2 atom stereocenters. The Labute approximate surface area is 156 Å². The summed E-state index contributed by atoms with van der Waals surface area (Å²) in [7, 11) is 1.57. The normalized spacial score (nSPS) is 24.3. The van der Waals surface area contributed by atoms with E-state index in [9.17, 15) is 19.8 Å². The van der Waals surface area contributed by atoms with Gasteiger partial charge in [0.1, 0.15) is 23.2 Å². The maximum Gasteiger partial charge on any atom is 0.342 e. The first-order chi connectivity index (χ1) is 12.3. The molecule has 6 nitrogen and oxygen atoms in total. The lowest BCUT2D eigenvalue weighted by molar-refractivity contribution is -0.114. The predicted octanol–water partition coefficient (Wildman–Crippen LogP) is 3.33. The van der Waals surface area contributed by atoms with E-state index in [4.69, 9.17) is 21.1 Å². The molecular weight excluding hydrogens is 360 g/mol. The number of esters is 1. The zero-order chi connectivity index (χ0) is 19.3. The number of carbonyl (C=O) groups is 2. The summed E-state index contributed by atoms with van der Waals surface area (Å²) in [6.07, 6.45) is 6.64. The molecule has 7 heteroatoms. The van der Waals surface area contributed by atoms with Gasteiger partial charge in [-0.2, -0.15) is 0 Å². The zero-order valence-electron chi connectivity index (χ0n) is 14.6. The number of rotatable bonds is 1. The Hall–Kier alpha value is -2.31. The highest BCUT2D eigenvalue weighted by Gasteiger charge is 2.26. The van der Waals surface area contributed by atoms with Crippen LogP contribution >= 0.6 is 11.6 Å². The molecule has 26 heavy (non-hydrogen) atoms. The van der Waals surface area contributed by atoms with Gasteiger partial charge in [0.25, 0.3) is 0 Å². The van der Waals surface area contributed by atoms with Crippen molar-refractivity contribution in [2.24, 2.45) is 0 Å². The summed E-state index contributed by atoms with van der Waals surface area (Å²) in [5.74, 6) is -2.07. The summed E-state index contributed by atoms with van der Waals surface area (Å²) in [5.41, 5.74) is -0.191. The second-order valence-electron chi connectivity index (χ2n) is 6.06. The Kier molecular flexibility index (Phi) is 6.83. The van der Waals surface area contributed by atoms with Crippen molar-refractivity contribution in [2.45, 2.75) is 38.4 Å². The molecule has 2 N–H and O–H groups in total. The molecule has 0 saturated carbocycles. The molecule has 0 amide bonds. The molecule has 1 aliphatic rings. The molecular formula is C19H21ClO6. The molecule has 1 aromatic carbocycles. The van der Waals surface area contributed by atoms with Gasteiger partial charge in [-0.3, -0.25) is 4.79 Å². The fourth-order valence-electron chi connectivity index (χ4n) is 2.73. The van der Waals surface area contributed by atoms with Crippen LogP contribution in [0.1, 0.15) is 35.7 Å². The third kappa shape index (κ3) is 4.86. The largest absolute Gasteiger partial charge is 0.507 e. The lowest BCUT2D eigenvalue weighted by atomic mass is 9.99. The van der Waals surface area contributed by atoms with E-state index in [1.54, 1.807) is 26.2 Å². The minimum absolute atomic E-state index is 0.0281. The third-order valence-electron chi connectivity index (χ3n) is 4.04. The summed E-state index contributed by atoms with van der Waals surface area (Å²) in [6.45, 7) is 1.71. The number of carbonyl (C=O) groups excluding carboxylic acids is 2. The van der Waals surface area contributed by atoms with E-state index in [1.165, 1.54) is 6.08 Å². The molecule has 0 bridgehead atoms. The van der Waals surface area contributed by atoms with Crippen LogP contribution < -0.4 is 0 Å². The molecule has 140 valence electrons. The van der Waals surface area contributed by atoms with Crippen molar-refractivity contribution < 1.29 is 29.3 Å². The van der Waals surface area contributed by atoms with Gasteiger partial charge in [0.15, 0.2) is 5.78 Å². The molecule has 0 radical (unpaired) electrons. The molecule has 2 rings (SSSR count). The Morgan fingerprint density at radius 1 is 1.23 bits per heavy atom. The third-order valence-corrected chi connectivity index (χ3v) is 4.46. The number of methoxy groups -OCH3 is 1. The first-order valence-corrected chi connectivity index (χ1v) is 8.54. The first kappa shape index (κ1) is 20.0. The van der Waals surface area contributed by atoms with E-state index < -0.39 is 23.6 Å². The van der Waals surface area contributed by atoms with Crippen LogP contribution in [0.2, 0.25) is 5.02 Å². The monoisotopic (exact) mass is 380 g/mol. The average molecular weight is 381 g/mol. The smallest absolute Gasteiger partial charge is 0.342 e. The predicted molar refractivity (Wildman–Crippen MR) is 96.7 cm³/mol. The van der Waals surface area contributed by atoms with Crippen LogP contribution in [0.25, 0.3) is 0 Å². The maximum atomic E-state index is 12.6. The SMILES string of the molecule is CO[C@H]1C/C=C\C=C\C(=O)Cc2c(Cl)c(O)cc(O)c2C(=O)O[C@H](C)C1. The van der Waals surface area contributed by atoms with Crippen molar-refractivity contribution in [2.75, 3.05) is 7.11 Å². The van der Waals surface area contributed by atoms with Crippen molar-refractivity contribution in [1.29, 1.82) is 0 Å². The van der Waals surface area contributed by atoms with E-state index >= 15 is 0 Å². The van der Waals surface area contributed by atoms with Crippen molar-refractivity contribution in [3.63, 3.8) is 0 Å². The van der Waals surface area contributed by atoms with Crippen LogP contribution in [-0.4, -0.2) is 41.3 Å². The summed E-state index contributed by atoms with van der Waals surface area (Å²) in [4.78, 5) is 24.7. The lowest BCUT2D eigenvalue weighted by Gasteiger charge is -2.20. The Balaban J connectivity index is 2.49. The van der Waals surface area contributed by atoms with Gasteiger partial charge >= 0.3 is 5.97 Å². The number of hydrogen-bond acceptors (Lipinski definition) is 6. The number of ether oxygens (including phenoxy) is 2. The summed E-state index contributed by atoms with van der Waals surface area (Å²) in [6, 6.07) is 0.956. The number of aromatic hydroxyl groups is 2. The van der Waals surface area contributed by atoms with Gasteiger partial charge in [0.05, 0.1) is 11.1 Å². The molecule has 0 aliphatic carbocycles. The number of ketones is 1. The zero-order valence-corrected chi connectivity index (χ0v) is 15.3. The molecule has 0 saturated heterocycles. The Morgan fingerprint density at radius 2 is 1.96 bits per heavy atom. The first-order valence-electron chi connectivity index (χ1n) is 8.16. The van der Waals surface area contributed by atoms with Gasteiger partial charge in [-0.25, -0.2) is 4.79 Å². The number of benzene rings is 1. The number of fused-ring (bicyclic) bond motifs is 1. The quantitative estimate of drug-likeness (QED) is 0.726. The highest BCUT2D eigenvalue weighted by molar-refractivity contribution is 6.33. The molecule has 1 aromatic rings. The van der Waals surface area contributed by atoms with E-state index in [1.807, 2.05) is 6.08 Å². The fraction of sp³-hybridized carbons (Fsp3) is 0.368. The van der Waals surface area contributed by atoms with E-state index in [-0.39, 0.29) is 34.5 Å². The van der Waals surface area contributed by atoms with Crippen LogP contribution in [0.15, 0.2) is 30.4 Å². The van der Waals surface area contributed by atoms with Gasteiger partial charge in [0.2, 0.25) is 0 Å².